The van der Waals surface area contributed by atoms with Crippen LogP contribution in [-0.4, -0.2) is 58.3 Å². The van der Waals surface area contributed by atoms with Crippen molar-refractivity contribution < 1.29 is 5.11 Å². The average Bonchev–Trinajstić information content (AvgIpc) is 2.48. The Hall–Kier alpha value is -1.20. The summed E-state index contributed by atoms with van der Waals surface area (Å²) in [5.74, 6) is 2.73. The van der Waals surface area contributed by atoms with Crippen LogP contribution in [0.25, 0.3) is 0 Å². The van der Waals surface area contributed by atoms with E-state index in [1.165, 1.54) is 0 Å². The maximum absolute atomic E-state index is 9.62. The molecule has 5 heteroatoms. The van der Waals surface area contributed by atoms with E-state index < -0.39 is 0 Å². The molecular weight excluding hydrogens is 288 g/mol. The van der Waals surface area contributed by atoms with Crippen LogP contribution in [-0.2, 0) is 0 Å². The van der Waals surface area contributed by atoms with Crippen LogP contribution >= 0.6 is 0 Å². The van der Waals surface area contributed by atoms with E-state index in [-0.39, 0.29) is 6.10 Å². The minimum atomic E-state index is -0.275. The number of aromatic nitrogens is 2. The first-order valence-corrected chi connectivity index (χ1v) is 8.83. The molecule has 1 aromatic rings. The zero-order valence-electron chi connectivity index (χ0n) is 15.5. The third-order valence-electron chi connectivity index (χ3n) is 4.45. The monoisotopic (exact) mass is 320 g/mol. The summed E-state index contributed by atoms with van der Waals surface area (Å²) < 4.78 is 0. The molecule has 0 aliphatic carbocycles. The number of aliphatic hydroxyl groups excluding tert-OH is 1. The Morgan fingerprint density at radius 3 is 2.35 bits per heavy atom. The molecule has 2 heterocycles. The van der Waals surface area contributed by atoms with Crippen LogP contribution in [0.3, 0.4) is 0 Å². The van der Waals surface area contributed by atoms with E-state index in [1.54, 1.807) is 0 Å². The third kappa shape index (κ3) is 4.64. The smallest absolute Gasteiger partial charge is 0.133 e. The van der Waals surface area contributed by atoms with Crippen molar-refractivity contribution in [1.82, 2.24) is 14.9 Å². The predicted molar refractivity (Wildman–Crippen MR) is 95.1 cm³/mol. The van der Waals surface area contributed by atoms with E-state index in [9.17, 15) is 5.11 Å². The standard InChI is InChI=1S/C18H32N4O/c1-12(2)16-9-17(20-18(19-16)13(3)4)22-8-7-21(11-15(6)23)14(5)10-22/h9,12-15,23H,7-8,10-11H2,1-6H3/t14-,15+/m0/s1. The Balaban J connectivity index is 2.19. The zero-order chi connectivity index (χ0) is 17.1. The minimum Gasteiger partial charge on any atom is -0.392 e. The number of nitrogens with zero attached hydrogens (tertiary/aromatic N) is 4. The topological polar surface area (TPSA) is 52.5 Å². The molecule has 2 rings (SSSR count). The van der Waals surface area contributed by atoms with E-state index in [0.29, 0.717) is 17.9 Å². The van der Waals surface area contributed by atoms with Crippen molar-refractivity contribution in [3.63, 3.8) is 0 Å². The van der Waals surface area contributed by atoms with Gasteiger partial charge in [0.2, 0.25) is 0 Å². The fourth-order valence-corrected chi connectivity index (χ4v) is 3.00. The third-order valence-corrected chi connectivity index (χ3v) is 4.45. The fraction of sp³-hybridized carbons (Fsp3) is 0.778. The van der Waals surface area contributed by atoms with E-state index in [0.717, 1.165) is 43.5 Å². The van der Waals surface area contributed by atoms with Gasteiger partial charge in [0.1, 0.15) is 11.6 Å². The van der Waals surface area contributed by atoms with Crippen molar-refractivity contribution in [1.29, 1.82) is 0 Å². The van der Waals surface area contributed by atoms with Gasteiger partial charge in [0.15, 0.2) is 0 Å². The molecule has 0 amide bonds. The first-order valence-electron chi connectivity index (χ1n) is 8.83. The second-order valence-electron chi connectivity index (χ2n) is 7.46. The van der Waals surface area contributed by atoms with Crippen LogP contribution in [0.4, 0.5) is 5.82 Å². The Bertz CT molecular complexity index is 489. The summed E-state index contributed by atoms with van der Waals surface area (Å²) >= 11 is 0. The maximum atomic E-state index is 9.62. The molecule has 1 N–H and O–H groups in total. The summed E-state index contributed by atoms with van der Waals surface area (Å²) in [7, 11) is 0. The first kappa shape index (κ1) is 18.1. The SMILES string of the molecule is CC(C)c1cc(N2CCN(C[C@@H](C)O)[C@@H](C)C2)nc(C(C)C)n1. The van der Waals surface area contributed by atoms with Gasteiger partial charge < -0.3 is 10.0 Å². The molecule has 0 spiro atoms. The van der Waals surface area contributed by atoms with Crippen molar-refractivity contribution in [2.75, 3.05) is 31.1 Å². The fourth-order valence-electron chi connectivity index (χ4n) is 3.00. The lowest BCUT2D eigenvalue weighted by atomic mass is 10.1. The number of anilines is 1. The largest absolute Gasteiger partial charge is 0.392 e. The predicted octanol–water partition coefficient (Wildman–Crippen LogP) is 2.61. The maximum Gasteiger partial charge on any atom is 0.133 e. The summed E-state index contributed by atoms with van der Waals surface area (Å²) in [6, 6.07) is 2.56. The van der Waals surface area contributed by atoms with Gasteiger partial charge in [0.05, 0.1) is 6.10 Å². The van der Waals surface area contributed by atoms with Crippen LogP contribution in [0.15, 0.2) is 6.07 Å². The number of hydrogen-bond acceptors (Lipinski definition) is 5. The highest BCUT2D eigenvalue weighted by Crippen LogP contribution is 2.24. The minimum absolute atomic E-state index is 0.275. The van der Waals surface area contributed by atoms with Gasteiger partial charge in [-0.2, -0.15) is 0 Å². The molecule has 2 atom stereocenters. The van der Waals surface area contributed by atoms with Crippen LogP contribution < -0.4 is 4.90 Å². The molecular formula is C18H32N4O. The van der Waals surface area contributed by atoms with Crippen LogP contribution in [0.5, 0.6) is 0 Å². The second-order valence-corrected chi connectivity index (χ2v) is 7.46. The Kier molecular flexibility index (Phi) is 5.98. The molecule has 0 radical (unpaired) electrons. The van der Waals surface area contributed by atoms with Gasteiger partial charge in [0, 0.05) is 49.9 Å². The van der Waals surface area contributed by atoms with Gasteiger partial charge in [-0.05, 0) is 19.8 Å². The molecule has 0 unspecified atom stereocenters. The number of piperazine rings is 1. The summed E-state index contributed by atoms with van der Waals surface area (Å²) in [4.78, 5) is 14.2. The highest BCUT2D eigenvalue weighted by atomic mass is 16.3. The van der Waals surface area contributed by atoms with Gasteiger partial charge in [0.25, 0.3) is 0 Å². The molecule has 0 aromatic carbocycles. The van der Waals surface area contributed by atoms with Gasteiger partial charge in [-0.15, -0.1) is 0 Å². The number of β-amino-alcohol motifs (C(OH)–C–C–N with tert-alkyl or cyclic N) is 1. The van der Waals surface area contributed by atoms with Crippen molar-refractivity contribution in [3.8, 4) is 0 Å². The van der Waals surface area contributed by atoms with E-state index >= 15 is 0 Å². The van der Waals surface area contributed by atoms with Crippen molar-refractivity contribution in [2.24, 2.45) is 0 Å². The summed E-state index contributed by atoms with van der Waals surface area (Å²) in [5, 5.41) is 9.62. The van der Waals surface area contributed by atoms with Gasteiger partial charge >= 0.3 is 0 Å². The number of hydrogen-bond donors (Lipinski definition) is 1. The summed E-state index contributed by atoms with van der Waals surface area (Å²) in [6.45, 7) is 16.3. The van der Waals surface area contributed by atoms with Gasteiger partial charge in [-0.3, -0.25) is 4.90 Å². The molecule has 5 nitrogen and oxygen atoms in total. The summed E-state index contributed by atoms with van der Waals surface area (Å²) in [5.41, 5.74) is 1.12. The lowest BCUT2D eigenvalue weighted by molar-refractivity contribution is 0.0958. The molecule has 1 fully saturated rings. The van der Waals surface area contributed by atoms with E-state index in [1.807, 2.05) is 6.92 Å². The molecule has 1 aliphatic heterocycles. The average molecular weight is 320 g/mol. The van der Waals surface area contributed by atoms with Gasteiger partial charge in [-0.1, -0.05) is 27.7 Å². The van der Waals surface area contributed by atoms with E-state index in [2.05, 4.69) is 50.5 Å². The number of aliphatic hydroxyl groups is 1. The lowest BCUT2D eigenvalue weighted by Gasteiger charge is -2.41. The Morgan fingerprint density at radius 1 is 1.13 bits per heavy atom. The molecule has 23 heavy (non-hydrogen) atoms. The van der Waals surface area contributed by atoms with Crippen molar-refractivity contribution >= 4 is 5.82 Å². The van der Waals surface area contributed by atoms with Crippen LogP contribution in [0.2, 0.25) is 0 Å². The first-order chi connectivity index (χ1) is 10.8. The second kappa shape index (κ2) is 7.58. The Labute approximate surface area is 140 Å². The Morgan fingerprint density at radius 2 is 1.83 bits per heavy atom. The van der Waals surface area contributed by atoms with Crippen molar-refractivity contribution in [3.05, 3.63) is 17.6 Å². The molecule has 130 valence electrons. The zero-order valence-corrected chi connectivity index (χ0v) is 15.5. The molecule has 1 aromatic heterocycles. The normalized spacial score (nSPS) is 21.3. The number of rotatable bonds is 5. The lowest BCUT2D eigenvalue weighted by Crippen LogP contribution is -2.53. The molecule has 0 saturated carbocycles. The van der Waals surface area contributed by atoms with Crippen molar-refractivity contribution in [2.45, 2.75) is 65.5 Å². The molecule has 1 aliphatic rings. The van der Waals surface area contributed by atoms with Crippen LogP contribution in [0.1, 0.15) is 64.9 Å². The quantitative estimate of drug-likeness (QED) is 0.904. The van der Waals surface area contributed by atoms with Gasteiger partial charge in [-0.25, -0.2) is 9.97 Å². The molecule has 1 saturated heterocycles. The van der Waals surface area contributed by atoms with E-state index in [4.69, 9.17) is 9.97 Å². The highest BCUT2D eigenvalue weighted by Gasteiger charge is 2.26. The summed E-state index contributed by atoms with van der Waals surface area (Å²) in [6.07, 6.45) is -0.275. The van der Waals surface area contributed by atoms with Crippen LogP contribution in [0, 0.1) is 0 Å². The highest BCUT2D eigenvalue weighted by molar-refractivity contribution is 5.42. The molecule has 0 bridgehead atoms.